The fraction of sp³-hybridized carbons (Fsp3) is 0.529. The van der Waals surface area contributed by atoms with Crippen LogP contribution in [0, 0.1) is 0 Å². The van der Waals surface area contributed by atoms with Crippen LogP contribution in [0.3, 0.4) is 0 Å². The third-order valence-electron chi connectivity index (χ3n) is 4.47. The summed E-state index contributed by atoms with van der Waals surface area (Å²) in [5, 5.41) is 2.74. The molecule has 0 aliphatic heterocycles. The number of hydrogen-bond donors (Lipinski definition) is 2. The van der Waals surface area contributed by atoms with Gasteiger partial charge in [0.2, 0.25) is 0 Å². The molecule has 0 radical (unpaired) electrons. The first-order valence-corrected chi connectivity index (χ1v) is 9.28. The molecule has 0 unspecified atom stereocenters. The minimum Gasteiger partial charge on any atom is -0.453 e. The lowest BCUT2D eigenvalue weighted by Crippen LogP contribution is -2.32. The molecular formula is C17H22BrN5O2. The Morgan fingerprint density at radius 3 is 2.96 bits per heavy atom. The van der Waals surface area contributed by atoms with E-state index in [-0.39, 0.29) is 6.04 Å². The van der Waals surface area contributed by atoms with Crippen LogP contribution >= 0.6 is 15.9 Å². The second-order valence-electron chi connectivity index (χ2n) is 6.35. The zero-order valence-electron chi connectivity index (χ0n) is 14.4. The van der Waals surface area contributed by atoms with Gasteiger partial charge < -0.3 is 15.0 Å². The number of amides is 1. The number of nitrogens with one attached hydrogen (secondary N) is 2. The number of alkyl carbamates (subject to hydrolysis) is 1. The van der Waals surface area contributed by atoms with Crippen molar-refractivity contribution in [2.75, 3.05) is 7.11 Å². The van der Waals surface area contributed by atoms with Crippen LogP contribution in [0.4, 0.5) is 4.79 Å². The highest BCUT2D eigenvalue weighted by molar-refractivity contribution is 9.10. The van der Waals surface area contributed by atoms with Gasteiger partial charge in [0.1, 0.15) is 21.9 Å². The minimum absolute atomic E-state index is 0.0120. The highest BCUT2D eigenvalue weighted by Gasteiger charge is 2.24. The number of ether oxygens (including phenoxy) is 1. The molecule has 0 bridgehead atoms. The summed E-state index contributed by atoms with van der Waals surface area (Å²) in [5.74, 6) is 2.30. The van der Waals surface area contributed by atoms with E-state index < -0.39 is 6.09 Å². The van der Waals surface area contributed by atoms with E-state index in [4.69, 9.17) is 4.98 Å². The van der Waals surface area contributed by atoms with E-state index in [1.165, 1.54) is 26.4 Å². The molecule has 1 saturated carbocycles. The van der Waals surface area contributed by atoms with Gasteiger partial charge in [-0.05, 0) is 48.2 Å². The molecule has 0 spiro atoms. The van der Waals surface area contributed by atoms with Gasteiger partial charge in [-0.3, -0.25) is 0 Å². The van der Waals surface area contributed by atoms with Gasteiger partial charge >= 0.3 is 6.09 Å². The third kappa shape index (κ3) is 4.36. The number of carbonyl (C=O) groups excluding carboxylic acids is 1. The molecule has 0 aromatic carbocycles. The van der Waals surface area contributed by atoms with Crippen LogP contribution in [-0.4, -0.2) is 39.2 Å². The SMILES string of the molecule is COC(=O)N[C@@H](C)CCc1nccc(-c2nc(C3CCC3)[nH]c2Br)n1. The van der Waals surface area contributed by atoms with Crippen LogP contribution in [0.1, 0.15) is 50.2 Å². The van der Waals surface area contributed by atoms with Crippen molar-refractivity contribution in [3.63, 3.8) is 0 Å². The predicted octanol–water partition coefficient (Wildman–Crippen LogP) is 3.57. The molecule has 1 aliphatic carbocycles. The van der Waals surface area contributed by atoms with Crippen molar-refractivity contribution < 1.29 is 9.53 Å². The maximum atomic E-state index is 11.2. The zero-order valence-corrected chi connectivity index (χ0v) is 16.0. The fourth-order valence-electron chi connectivity index (χ4n) is 2.74. The number of methoxy groups -OCH3 is 1. The van der Waals surface area contributed by atoms with Crippen LogP contribution in [0.2, 0.25) is 0 Å². The summed E-state index contributed by atoms with van der Waals surface area (Å²) in [6, 6.07) is 1.85. The Kier molecular flexibility index (Phi) is 5.67. The third-order valence-corrected chi connectivity index (χ3v) is 5.04. The Morgan fingerprint density at radius 1 is 1.48 bits per heavy atom. The molecule has 1 fully saturated rings. The number of carbonyl (C=O) groups is 1. The van der Waals surface area contributed by atoms with E-state index in [1.807, 2.05) is 13.0 Å². The van der Waals surface area contributed by atoms with Gasteiger partial charge in [0.25, 0.3) is 0 Å². The van der Waals surface area contributed by atoms with Crippen molar-refractivity contribution in [3.8, 4) is 11.4 Å². The number of aryl methyl sites for hydroxylation is 1. The van der Waals surface area contributed by atoms with E-state index in [2.05, 4.69) is 40.9 Å². The summed E-state index contributed by atoms with van der Waals surface area (Å²) in [7, 11) is 1.36. The van der Waals surface area contributed by atoms with E-state index in [0.29, 0.717) is 12.3 Å². The zero-order chi connectivity index (χ0) is 17.8. The van der Waals surface area contributed by atoms with Crippen LogP contribution in [0.25, 0.3) is 11.4 Å². The monoisotopic (exact) mass is 407 g/mol. The number of aromatic nitrogens is 4. The summed E-state index contributed by atoms with van der Waals surface area (Å²) in [4.78, 5) is 28.2. The van der Waals surface area contributed by atoms with Crippen LogP contribution < -0.4 is 5.32 Å². The number of H-pyrrole nitrogens is 1. The number of nitrogens with zero attached hydrogens (tertiary/aromatic N) is 3. The maximum absolute atomic E-state index is 11.2. The number of imidazole rings is 1. The van der Waals surface area contributed by atoms with E-state index in [0.717, 1.165) is 34.1 Å². The van der Waals surface area contributed by atoms with Crippen LogP contribution in [-0.2, 0) is 11.2 Å². The number of aromatic amines is 1. The normalized spacial score (nSPS) is 15.5. The molecule has 3 rings (SSSR count). The smallest absolute Gasteiger partial charge is 0.407 e. The summed E-state index contributed by atoms with van der Waals surface area (Å²) < 4.78 is 5.46. The molecule has 25 heavy (non-hydrogen) atoms. The van der Waals surface area contributed by atoms with Gasteiger partial charge in [-0.2, -0.15) is 0 Å². The Balaban J connectivity index is 1.67. The molecule has 2 heterocycles. The fourth-order valence-corrected chi connectivity index (χ4v) is 3.24. The van der Waals surface area contributed by atoms with Gasteiger partial charge in [0, 0.05) is 24.6 Å². The van der Waals surface area contributed by atoms with Gasteiger partial charge in [-0.15, -0.1) is 0 Å². The second-order valence-corrected chi connectivity index (χ2v) is 7.14. The first-order valence-electron chi connectivity index (χ1n) is 8.49. The standard InChI is InChI=1S/C17H22BrN5O2/c1-10(20-17(24)25-2)6-7-13-19-9-8-12(21-13)14-15(18)23-16(22-14)11-4-3-5-11/h8-11H,3-7H2,1-2H3,(H,20,24)(H,22,23)/t10-/m0/s1. The summed E-state index contributed by atoms with van der Waals surface area (Å²) in [5.41, 5.74) is 1.62. The van der Waals surface area contributed by atoms with Gasteiger partial charge in [0.15, 0.2) is 0 Å². The molecule has 1 aliphatic rings. The molecule has 2 aromatic heterocycles. The van der Waals surface area contributed by atoms with Crippen molar-refractivity contribution in [1.82, 2.24) is 25.3 Å². The first-order chi connectivity index (χ1) is 12.1. The lowest BCUT2D eigenvalue weighted by atomic mass is 9.85. The Hall–Kier alpha value is -1.96. The van der Waals surface area contributed by atoms with Gasteiger partial charge in [0.05, 0.1) is 12.8 Å². The topological polar surface area (TPSA) is 92.8 Å². The van der Waals surface area contributed by atoms with Crippen molar-refractivity contribution >= 4 is 22.0 Å². The van der Waals surface area contributed by atoms with Crippen molar-refractivity contribution in [3.05, 3.63) is 28.5 Å². The minimum atomic E-state index is -0.425. The quantitative estimate of drug-likeness (QED) is 0.762. The molecule has 0 saturated heterocycles. The molecular weight excluding hydrogens is 386 g/mol. The van der Waals surface area contributed by atoms with Crippen molar-refractivity contribution in [2.45, 2.75) is 51.0 Å². The van der Waals surface area contributed by atoms with Gasteiger partial charge in [-0.25, -0.2) is 19.7 Å². The number of halogens is 1. The van der Waals surface area contributed by atoms with Crippen LogP contribution in [0.5, 0.6) is 0 Å². The molecule has 1 atom stereocenters. The predicted molar refractivity (Wildman–Crippen MR) is 97.2 cm³/mol. The largest absolute Gasteiger partial charge is 0.453 e. The molecule has 7 nitrogen and oxygen atoms in total. The van der Waals surface area contributed by atoms with Crippen molar-refractivity contribution in [1.29, 1.82) is 0 Å². The van der Waals surface area contributed by atoms with Crippen LogP contribution in [0.15, 0.2) is 16.9 Å². The summed E-state index contributed by atoms with van der Waals surface area (Å²) in [6.07, 6.45) is 6.38. The summed E-state index contributed by atoms with van der Waals surface area (Å²) in [6.45, 7) is 1.93. The molecule has 134 valence electrons. The second kappa shape index (κ2) is 7.95. The average molecular weight is 408 g/mol. The molecule has 2 aromatic rings. The Bertz CT molecular complexity index is 744. The molecule has 2 N–H and O–H groups in total. The lowest BCUT2D eigenvalue weighted by Gasteiger charge is -2.22. The Morgan fingerprint density at radius 2 is 2.28 bits per heavy atom. The van der Waals surface area contributed by atoms with E-state index in [1.54, 1.807) is 6.20 Å². The van der Waals surface area contributed by atoms with Gasteiger partial charge in [-0.1, -0.05) is 6.42 Å². The first kappa shape index (κ1) is 17.8. The highest BCUT2D eigenvalue weighted by Crippen LogP contribution is 2.37. The lowest BCUT2D eigenvalue weighted by molar-refractivity contribution is 0.167. The maximum Gasteiger partial charge on any atom is 0.407 e. The number of hydrogen-bond acceptors (Lipinski definition) is 5. The van der Waals surface area contributed by atoms with E-state index >= 15 is 0 Å². The highest BCUT2D eigenvalue weighted by atomic mass is 79.9. The van der Waals surface area contributed by atoms with Crippen molar-refractivity contribution in [2.24, 2.45) is 0 Å². The molecule has 8 heteroatoms. The average Bonchev–Trinajstić information content (AvgIpc) is 2.92. The summed E-state index contributed by atoms with van der Waals surface area (Å²) >= 11 is 3.56. The molecule has 1 amide bonds. The van der Waals surface area contributed by atoms with E-state index in [9.17, 15) is 4.79 Å². The number of rotatable bonds is 6. The Labute approximate surface area is 155 Å².